The summed E-state index contributed by atoms with van der Waals surface area (Å²) in [5, 5.41) is 0. The zero-order valence-electron chi connectivity index (χ0n) is 19.0. The van der Waals surface area contributed by atoms with E-state index in [0.29, 0.717) is 18.8 Å². The molecule has 0 fully saturated rings. The topological polar surface area (TPSA) is 105 Å². The standard InChI is InChI=1S/C21H33N3O6S/c1-7-31(27,28)22-17-8-9-19-18(10-17)21(26)23(5)12-20(29-6)14(2)11-24(16(4)25)15(3)13-30-19/h8-10,14-15,20,22H,7,11-13H2,1-6H3/t14-,15-,20+/m0/s1. The van der Waals surface area contributed by atoms with Gasteiger partial charge in [0, 0.05) is 45.8 Å². The molecule has 0 spiro atoms. The van der Waals surface area contributed by atoms with Crippen LogP contribution in [-0.2, 0) is 19.6 Å². The molecule has 2 rings (SSSR count). The van der Waals surface area contributed by atoms with Crippen molar-refractivity contribution in [1.29, 1.82) is 0 Å². The Labute approximate surface area is 184 Å². The van der Waals surface area contributed by atoms with Gasteiger partial charge in [0.1, 0.15) is 12.4 Å². The maximum Gasteiger partial charge on any atom is 0.257 e. The molecule has 2 amide bonds. The van der Waals surface area contributed by atoms with E-state index >= 15 is 0 Å². The number of methoxy groups -OCH3 is 1. The summed E-state index contributed by atoms with van der Waals surface area (Å²) in [6.45, 7) is 7.89. The van der Waals surface area contributed by atoms with Crippen LogP contribution < -0.4 is 9.46 Å². The predicted molar refractivity (Wildman–Crippen MR) is 119 cm³/mol. The summed E-state index contributed by atoms with van der Waals surface area (Å²) in [6, 6.07) is 4.38. The summed E-state index contributed by atoms with van der Waals surface area (Å²) in [5.74, 6) is -0.148. The quantitative estimate of drug-likeness (QED) is 0.742. The van der Waals surface area contributed by atoms with Crippen LogP contribution >= 0.6 is 0 Å². The Morgan fingerprint density at radius 1 is 1.29 bits per heavy atom. The first-order valence-electron chi connectivity index (χ1n) is 10.3. The number of fused-ring (bicyclic) bond motifs is 1. The number of carbonyl (C=O) groups is 2. The molecule has 1 aliphatic rings. The van der Waals surface area contributed by atoms with E-state index in [1.165, 1.54) is 24.8 Å². The van der Waals surface area contributed by atoms with Crippen molar-refractivity contribution in [2.45, 2.75) is 39.8 Å². The number of rotatable bonds is 4. The second-order valence-corrected chi connectivity index (χ2v) is 10.00. The van der Waals surface area contributed by atoms with Gasteiger partial charge >= 0.3 is 0 Å². The van der Waals surface area contributed by atoms with Gasteiger partial charge in [-0.15, -0.1) is 0 Å². The lowest BCUT2D eigenvalue weighted by molar-refractivity contribution is -0.133. The van der Waals surface area contributed by atoms with E-state index in [2.05, 4.69) is 4.72 Å². The molecule has 0 radical (unpaired) electrons. The van der Waals surface area contributed by atoms with Gasteiger partial charge < -0.3 is 19.3 Å². The van der Waals surface area contributed by atoms with Crippen molar-refractivity contribution in [3.63, 3.8) is 0 Å². The molecule has 3 atom stereocenters. The highest BCUT2D eigenvalue weighted by Crippen LogP contribution is 2.27. The molecule has 0 aromatic heterocycles. The van der Waals surface area contributed by atoms with Gasteiger partial charge in [0.2, 0.25) is 15.9 Å². The minimum absolute atomic E-state index is 0.0202. The number of nitrogens with zero attached hydrogens (tertiary/aromatic N) is 2. The van der Waals surface area contributed by atoms with E-state index in [9.17, 15) is 18.0 Å². The van der Waals surface area contributed by atoms with Gasteiger partial charge in [0.15, 0.2) is 0 Å². The van der Waals surface area contributed by atoms with Gasteiger partial charge in [-0.3, -0.25) is 14.3 Å². The van der Waals surface area contributed by atoms with Gasteiger partial charge in [0.05, 0.1) is 23.5 Å². The fourth-order valence-corrected chi connectivity index (χ4v) is 4.16. The summed E-state index contributed by atoms with van der Waals surface area (Å²) in [5.41, 5.74) is 0.525. The van der Waals surface area contributed by atoms with E-state index in [-0.39, 0.29) is 53.5 Å². The van der Waals surface area contributed by atoms with Crippen molar-refractivity contribution in [3.8, 4) is 5.75 Å². The SMILES string of the molecule is CCS(=O)(=O)Nc1ccc2c(c1)C(=O)N(C)C[C@@H](OC)[C@@H](C)CN(C(C)=O)[C@@H](C)CO2. The molecule has 9 nitrogen and oxygen atoms in total. The van der Waals surface area contributed by atoms with Crippen LogP contribution in [0.15, 0.2) is 18.2 Å². The molecule has 1 aromatic carbocycles. The minimum Gasteiger partial charge on any atom is -0.491 e. The average Bonchev–Trinajstić information content (AvgIpc) is 2.72. The number of benzene rings is 1. The van der Waals surface area contributed by atoms with E-state index < -0.39 is 10.0 Å². The van der Waals surface area contributed by atoms with Crippen LogP contribution in [0.5, 0.6) is 5.75 Å². The number of hydrogen-bond donors (Lipinski definition) is 1. The normalized spacial score (nSPS) is 23.3. The highest BCUT2D eigenvalue weighted by atomic mass is 32.2. The molecule has 0 aliphatic carbocycles. The number of amides is 2. The Morgan fingerprint density at radius 2 is 1.97 bits per heavy atom. The third-order valence-corrected chi connectivity index (χ3v) is 6.81. The molecule has 10 heteroatoms. The third-order valence-electron chi connectivity index (χ3n) is 5.50. The van der Waals surface area contributed by atoms with Crippen molar-refractivity contribution < 1.29 is 27.5 Å². The highest BCUT2D eigenvalue weighted by molar-refractivity contribution is 7.92. The molecular formula is C21H33N3O6S. The molecule has 174 valence electrons. The number of sulfonamides is 1. The number of nitrogens with one attached hydrogen (secondary N) is 1. The van der Waals surface area contributed by atoms with Crippen molar-refractivity contribution in [3.05, 3.63) is 23.8 Å². The van der Waals surface area contributed by atoms with Gasteiger partial charge in [-0.1, -0.05) is 6.92 Å². The molecule has 0 saturated carbocycles. The number of hydrogen-bond acceptors (Lipinski definition) is 6. The average molecular weight is 456 g/mol. The molecule has 0 bridgehead atoms. The maximum absolute atomic E-state index is 13.2. The van der Waals surface area contributed by atoms with Gasteiger partial charge in [-0.25, -0.2) is 8.42 Å². The molecule has 1 aliphatic heterocycles. The molecule has 1 aromatic rings. The van der Waals surface area contributed by atoms with Crippen LogP contribution in [0.3, 0.4) is 0 Å². The first-order valence-corrected chi connectivity index (χ1v) is 12.0. The first-order chi connectivity index (χ1) is 14.5. The van der Waals surface area contributed by atoms with E-state index in [1.54, 1.807) is 31.2 Å². The summed E-state index contributed by atoms with van der Waals surface area (Å²) in [6.07, 6.45) is -0.284. The Morgan fingerprint density at radius 3 is 2.55 bits per heavy atom. The lowest BCUT2D eigenvalue weighted by atomic mass is 10.0. The smallest absolute Gasteiger partial charge is 0.257 e. The Bertz CT molecular complexity index is 904. The zero-order valence-corrected chi connectivity index (χ0v) is 19.9. The lowest BCUT2D eigenvalue weighted by Crippen LogP contribution is -2.48. The van der Waals surface area contributed by atoms with E-state index in [0.717, 1.165) is 0 Å². The van der Waals surface area contributed by atoms with Gasteiger partial charge in [0.25, 0.3) is 5.91 Å². The van der Waals surface area contributed by atoms with Crippen molar-refractivity contribution >= 4 is 27.5 Å². The molecule has 0 saturated heterocycles. The summed E-state index contributed by atoms with van der Waals surface area (Å²) < 4.78 is 37.9. The predicted octanol–water partition coefficient (Wildman–Crippen LogP) is 1.80. The van der Waals surface area contributed by atoms with E-state index in [4.69, 9.17) is 9.47 Å². The van der Waals surface area contributed by atoms with Crippen LogP contribution in [0.1, 0.15) is 38.1 Å². The number of ether oxygens (including phenoxy) is 2. The van der Waals surface area contributed by atoms with Gasteiger partial charge in [-0.2, -0.15) is 0 Å². The van der Waals surface area contributed by atoms with Crippen molar-refractivity contribution in [2.75, 3.05) is 44.3 Å². The minimum atomic E-state index is -3.50. The third kappa shape index (κ3) is 6.33. The van der Waals surface area contributed by atoms with Crippen LogP contribution in [0.25, 0.3) is 0 Å². The molecule has 1 heterocycles. The molecular weight excluding hydrogens is 422 g/mol. The van der Waals surface area contributed by atoms with E-state index in [1.807, 2.05) is 13.8 Å². The lowest BCUT2D eigenvalue weighted by Gasteiger charge is -2.35. The second kappa shape index (κ2) is 10.3. The molecule has 31 heavy (non-hydrogen) atoms. The van der Waals surface area contributed by atoms with Crippen molar-refractivity contribution in [1.82, 2.24) is 9.80 Å². The van der Waals surface area contributed by atoms with Crippen molar-refractivity contribution in [2.24, 2.45) is 5.92 Å². The number of anilines is 1. The Kier molecular flexibility index (Phi) is 8.30. The summed E-state index contributed by atoms with van der Waals surface area (Å²) >= 11 is 0. The first kappa shape index (κ1) is 24.9. The summed E-state index contributed by atoms with van der Waals surface area (Å²) in [4.78, 5) is 28.7. The van der Waals surface area contributed by atoms with Crippen LogP contribution in [-0.4, -0.2) is 81.8 Å². The summed E-state index contributed by atoms with van der Waals surface area (Å²) in [7, 11) is -0.253. The fraction of sp³-hybridized carbons (Fsp3) is 0.619. The van der Waals surface area contributed by atoms with Crippen LogP contribution in [0.2, 0.25) is 0 Å². The second-order valence-electron chi connectivity index (χ2n) is 7.98. The number of carbonyl (C=O) groups excluding carboxylic acids is 2. The monoisotopic (exact) mass is 455 g/mol. The maximum atomic E-state index is 13.2. The molecule has 0 unspecified atom stereocenters. The van der Waals surface area contributed by atoms with Gasteiger partial charge in [-0.05, 0) is 32.0 Å². The highest BCUT2D eigenvalue weighted by Gasteiger charge is 2.29. The molecule has 1 N–H and O–H groups in total. The Balaban J connectivity index is 2.48. The Hall–Kier alpha value is -2.33. The largest absolute Gasteiger partial charge is 0.491 e. The zero-order chi connectivity index (χ0) is 23.3. The number of likely N-dealkylation sites (N-methyl/N-ethyl adjacent to an activating group) is 1. The fourth-order valence-electron chi connectivity index (χ4n) is 3.53. The van der Waals surface area contributed by atoms with Crippen LogP contribution in [0, 0.1) is 5.92 Å². The van der Waals surface area contributed by atoms with Crippen LogP contribution in [0.4, 0.5) is 5.69 Å².